The molecule has 1 N–H and O–H groups in total. The van der Waals surface area contributed by atoms with Gasteiger partial charge in [0.2, 0.25) is 0 Å². The minimum atomic E-state index is -0.0168. The van der Waals surface area contributed by atoms with Gasteiger partial charge in [-0.25, -0.2) is 0 Å². The second-order valence-electron chi connectivity index (χ2n) is 6.42. The SMILES string of the molecule is Cc1ccc(C(=O)NC(Cc2ccccc2)Cc2ccccc2)cc1. The van der Waals surface area contributed by atoms with E-state index < -0.39 is 0 Å². The Bertz CT molecular complexity index is 753. The molecule has 0 unspecified atom stereocenters. The van der Waals surface area contributed by atoms with Crippen LogP contribution in [-0.2, 0) is 12.8 Å². The van der Waals surface area contributed by atoms with Crippen LogP contribution in [0.4, 0.5) is 0 Å². The van der Waals surface area contributed by atoms with Crippen LogP contribution >= 0.6 is 0 Å². The number of hydrogen-bond donors (Lipinski definition) is 1. The van der Waals surface area contributed by atoms with E-state index >= 15 is 0 Å². The molecule has 2 nitrogen and oxygen atoms in total. The second-order valence-corrected chi connectivity index (χ2v) is 6.42. The Morgan fingerprint density at radius 2 is 1.24 bits per heavy atom. The van der Waals surface area contributed by atoms with E-state index in [0.717, 1.165) is 18.4 Å². The van der Waals surface area contributed by atoms with Gasteiger partial charge in [0, 0.05) is 11.6 Å². The smallest absolute Gasteiger partial charge is 0.251 e. The minimum Gasteiger partial charge on any atom is -0.349 e. The summed E-state index contributed by atoms with van der Waals surface area (Å²) in [6.07, 6.45) is 1.63. The van der Waals surface area contributed by atoms with Gasteiger partial charge in [-0.3, -0.25) is 4.79 Å². The van der Waals surface area contributed by atoms with Crippen molar-refractivity contribution in [1.29, 1.82) is 0 Å². The van der Waals surface area contributed by atoms with E-state index in [0.29, 0.717) is 5.56 Å². The molecule has 3 rings (SSSR count). The van der Waals surface area contributed by atoms with Crippen molar-refractivity contribution in [2.75, 3.05) is 0 Å². The highest BCUT2D eigenvalue weighted by Gasteiger charge is 2.15. The van der Waals surface area contributed by atoms with Gasteiger partial charge in [0.1, 0.15) is 0 Å². The lowest BCUT2D eigenvalue weighted by Gasteiger charge is -2.19. The molecule has 0 aliphatic carbocycles. The molecule has 126 valence electrons. The zero-order valence-electron chi connectivity index (χ0n) is 14.5. The first-order valence-electron chi connectivity index (χ1n) is 8.66. The molecule has 0 saturated carbocycles. The monoisotopic (exact) mass is 329 g/mol. The second kappa shape index (κ2) is 8.29. The fraction of sp³-hybridized carbons (Fsp3) is 0.174. The summed E-state index contributed by atoms with van der Waals surface area (Å²) in [6.45, 7) is 2.02. The molecular weight excluding hydrogens is 306 g/mol. The van der Waals surface area contributed by atoms with Gasteiger partial charge in [-0.2, -0.15) is 0 Å². The predicted molar refractivity (Wildman–Crippen MR) is 103 cm³/mol. The third-order valence-corrected chi connectivity index (χ3v) is 4.30. The van der Waals surface area contributed by atoms with Crippen LogP contribution in [0, 0.1) is 6.92 Å². The van der Waals surface area contributed by atoms with Crippen molar-refractivity contribution in [3.05, 3.63) is 107 Å². The van der Waals surface area contributed by atoms with Crippen molar-refractivity contribution < 1.29 is 4.79 Å². The normalized spacial score (nSPS) is 10.6. The molecule has 0 aliphatic rings. The Balaban J connectivity index is 1.75. The molecule has 0 bridgehead atoms. The van der Waals surface area contributed by atoms with Crippen LogP contribution in [0.5, 0.6) is 0 Å². The fourth-order valence-electron chi connectivity index (χ4n) is 2.95. The molecular formula is C23H23NO. The van der Waals surface area contributed by atoms with Gasteiger partial charge in [-0.15, -0.1) is 0 Å². The standard InChI is InChI=1S/C23H23NO/c1-18-12-14-21(15-13-18)23(25)24-22(16-19-8-4-2-5-9-19)17-20-10-6-3-7-11-20/h2-15,22H,16-17H2,1H3,(H,24,25). The molecule has 0 saturated heterocycles. The van der Waals surface area contributed by atoms with Gasteiger partial charge in [-0.05, 0) is 43.0 Å². The summed E-state index contributed by atoms with van der Waals surface area (Å²) in [5, 5.41) is 3.21. The van der Waals surface area contributed by atoms with Crippen molar-refractivity contribution in [2.24, 2.45) is 0 Å². The molecule has 0 spiro atoms. The molecule has 3 aromatic carbocycles. The Morgan fingerprint density at radius 3 is 1.72 bits per heavy atom. The Kier molecular flexibility index (Phi) is 5.63. The van der Waals surface area contributed by atoms with Crippen LogP contribution in [0.3, 0.4) is 0 Å². The van der Waals surface area contributed by atoms with Crippen molar-refractivity contribution in [2.45, 2.75) is 25.8 Å². The van der Waals surface area contributed by atoms with Gasteiger partial charge in [0.15, 0.2) is 0 Å². The lowest BCUT2D eigenvalue weighted by molar-refractivity contribution is 0.0936. The Labute approximate surface area is 149 Å². The van der Waals surface area contributed by atoms with E-state index in [-0.39, 0.29) is 11.9 Å². The van der Waals surface area contributed by atoms with Gasteiger partial charge in [0.25, 0.3) is 5.91 Å². The quantitative estimate of drug-likeness (QED) is 0.705. The number of carbonyl (C=O) groups excluding carboxylic acids is 1. The molecule has 0 fully saturated rings. The van der Waals surface area contributed by atoms with E-state index in [4.69, 9.17) is 0 Å². The Morgan fingerprint density at radius 1 is 0.760 bits per heavy atom. The molecule has 3 aromatic rings. The zero-order valence-corrected chi connectivity index (χ0v) is 14.5. The zero-order chi connectivity index (χ0) is 17.5. The first kappa shape index (κ1) is 17.0. The largest absolute Gasteiger partial charge is 0.349 e. The minimum absolute atomic E-state index is 0.0168. The van der Waals surface area contributed by atoms with E-state index in [2.05, 4.69) is 29.6 Å². The van der Waals surface area contributed by atoms with Crippen molar-refractivity contribution >= 4 is 5.91 Å². The van der Waals surface area contributed by atoms with Crippen LogP contribution in [0.15, 0.2) is 84.9 Å². The first-order valence-corrected chi connectivity index (χ1v) is 8.66. The van der Waals surface area contributed by atoms with Crippen LogP contribution in [0.1, 0.15) is 27.0 Å². The van der Waals surface area contributed by atoms with Gasteiger partial charge in [-0.1, -0.05) is 78.4 Å². The van der Waals surface area contributed by atoms with E-state index in [1.54, 1.807) is 0 Å². The number of benzene rings is 3. The molecule has 0 atom stereocenters. The molecule has 2 heteroatoms. The molecule has 25 heavy (non-hydrogen) atoms. The van der Waals surface area contributed by atoms with Crippen LogP contribution in [0.2, 0.25) is 0 Å². The maximum atomic E-state index is 12.6. The summed E-state index contributed by atoms with van der Waals surface area (Å²) >= 11 is 0. The average molecular weight is 329 g/mol. The maximum Gasteiger partial charge on any atom is 0.251 e. The van der Waals surface area contributed by atoms with Crippen molar-refractivity contribution in [1.82, 2.24) is 5.32 Å². The van der Waals surface area contributed by atoms with Crippen LogP contribution in [0.25, 0.3) is 0 Å². The van der Waals surface area contributed by atoms with Crippen LogP contribution in [-0.4, -0.2) is 11.9 Å². The number of nitrogens with one attached hydrogen (secondary N) is 1. The predicted octanol–water partition coefficient (Wildman–Crippen LogP) is 4.58. The van der Waals surface area contributed by atoms with E-state index in [1.165, 1.54) is 11.1 Å². The molecule has 0 heterocycles. The lowest BCUT2D eigenvalue weighted by atomic mass is 9.98. The number of amides is 1. The Hall–Kier alpha value is -2.87. The number of rotatable bonds is 6. The number of hydrogen-bond acceptors (Lipinski definition) is 1. The summed E-state index contributed by atoms with van der Waals surface area (Å²) in [4.78, 5) is 12.6. The molecule has 0 aromatic heterocycles. The number of aryl methyl sites for hydroxylation is 1. The molecule has 0 aliphatic heterocycles. The first-order chi connectivity index (χ1) is 12.2. The highest BCUT2D eigenvalue weighted by Crippen LogP contribution is 2.11. The fourth-order valence-corrected chi connectivity index (χ4v) is 2.95. The topological polar surface area (TPSA) is 29.1 Å². The summed E-state index contributed by atoms with van der Waals surface area (Å²) in [5.74, 6) is -0.0168. The van der Waals surface area contributed by atoms with E-state index in [9.17, 15) is 4.79 Å². The van der Waals surface area contributed by atoms with E-state index in [1.807, 2.05) is 67.6 Å². The van der Waals surface area contributed by atoms with Gasteiger partial charge < -0.3 is 5.32 Å². The van der Waals surface area contributed by atoms with Crippen LogP contribution < -0.4 is 5.32 Å². The summed E-state index contributed by atoms with van der Waals surface area (Å²) in [6, 6.07) is 28.4. The maximum absolute atomic E-state index is 12.6. The average Bonchev–Trinajstić information content (AvgIpc) is 2.64. The highest BCUT2D eigenvalue weighted by atomic mass is 16.1. The highest BCUT2D eigenvalue weighted by molar-refractivity contribution is 5.94. The van der Waals surface area contributed by atoms with Crippen molar-refractivity contribution in [3.63, 3.8) is 0 Å². The van der Waals surface area contributed by atoms with Gasteiger partial charge >= 0.3 is 0 Å². The third kappa shape index (κ3) is 5.05. The third-order valence-electron chi connectivity index (χ3n) is 4.30. The summed E-state index contributed by atoms with van der Waals surface area (Å²) in [7, 11) is 0. The molecule has 0 radical (unpaired) electrons. The van der Waals surface area contributed by atoms with Gasteiger partial charge in [0.05, 0.1) is 0 Å². The summed E-state index contributed by atoms with van der Waals surface area (Å²) < 4.78 is 0. The molecule has 1 amide bonds. The summed E-state index contributed by atoms with van der Waals surface area (Å²) in [5.41, 5.74) is 4.32. The van der Waals surface area contributed by atoms with Crippen molar-refractivity contribution in [3.8, 4) is 0 Å². The number of carbonyl (C=O) groups is 1. The lowest BCUT2D eigenvalue weighted by Crippen LogP contribution is -2.38.